The minimum Gasteiger partial charge on any atom is -0.329 e. The standard InChI is InChI=1S/C7H16N2/c1-6(9-8)5-7(2,3)4/h9H,1,5,8H2,2-4H3. The molecule has 0 saturated heterocycles. The van der Waals surface area contributed by atoms with Crippen molar-refractivity contribution >= 4 is 0 Å². The lowest BCUT2D eigenvalue weighted by Gasteiger charge is -2.18. The Labute approximate surface area is 57.1 Å². The van der Waals surface area contributed by atoms with Gasteiger partial charge < -0.3 is 5.43 Å². The molecule has 0 aliphatic carbocycles. The second-order valence-electron chi connectivity index (χ2n) is 3.49. The van der Waals surface area contributed by atoms with Crippen LogP contribution in [0.25, 0.3) is 0 Å². The number of nitrogens with one attached hydrogen (secondary N) is 1. The van der Waals surface area contributed by atoms with Gasteiger partial charge in [-0.3, -0.25) is 5.84 Å². The molecule has 0 saturated carbocycles. The fourth-order valence-electron chi connectivity index (χ4n) is 0.691. The Hall–Kier alpha value is -0.500. The Morgan fingerprint density at radius 3 is 2.11 bits per heavy atom. The number of hydrazine groups is 1. The summed E-state index contributed by atoms with van der Waals surface area (Å²) in [6.45, 7) is 10.2. The molecule has 0 rings (SSSR count). The van der Waals surface area contributed by atoms with Crippen molar-refractivity contribution in [2.75, 3.05) is 0 Å². The molecule has 0 aliphatic heterocycles. The third kappa shape index (κ3) is 5.37. The van der Waals surface area contributed by atoms with Crippen LogP contribution in [0.1, 0.15) is 27.2 Å². The minimum absolute atomic E-state index is 0.281. The Kier molecular flexibility index (Phi) is 2.71. The lowest BCUT2D eigenvalue weighted by atomic mass is 9.91. The first kappa shape index (κ1) is 8.50. The van der Waals surface area contributed by atoms with Crippen molar-refractivity contribution < 1.29 is 0 Å². The normalized spacial score (nSPS) is 11.1. The molecule has 0 aromatic rings. The quantitative estimate of drug-likeness (QED) is 0.436. The third-order valence-electron chi connectivity index (χ3n) is 0.948. The molecule has 0 heterocycles. The maximum absolute atomic E-state index is 5.13. The highest BCUT2D eigenvalue weighted by Crippen LogP contribution is 2.20. The van der Waals surface area contributed by atoms with Gasteiger partial charge in [0.05, 0.1) is 0 Å². The molecule has 2 nitrogen and oxygen atoms in total. The average Bonchev–Trinajstić information content (AvgIpc) is 1.62. The largest absolute Gasteiger partial charge is 0.329 e. The molecule has 0 spiro atoms. The van der Waals surface area contributed by atoms with Crippen molar-refractivity contribution in [2.45, 2.75) is 27.2 Å². The van der Waals surface area contributed by atoms with Gasteiger partial charge in [-0.05, 0) is 11.8 Å². The van der Waals surface area contributed by atoms with Crippen molar-refractivity contribution in [3.63, 3.8) is 0 Å². The molecule has 0 aromatic carbocycles. The van der Waals surface area contributed by atoms with Gasteiger partial charge in [0.25, 0.3) is 0 Å². The van der Waals surface area contributed by atoms with Crippen LogP contribution in [0.15, 0.2) is 12.3 Å². The van der Waals surface area contributed by atoms with E-state index in [0.717, 1.165) is 12.1 Å². The summed E-state index contributed by atoms with van der Waals surface area (Å²) in [7, 11) is 0. The molecule has 0 unspecified atom stereocenters. The molecule has 9 heavy (non-hydrogen) atoms. The van der Waals surface area contributed by atoms with E-state index in [1.807, 2.05) is 0 Å². The molecule has 54 valence electrons. The van der Waals surface area contributed by atoms with Gasteiger partial charge in [-0.2, -0.15) is 0 Å². The van der Waals surface area contributed by atoms with Gasteiger partial charge in [0, 0.05) is 5.70 Å². The highest BCUT2D eigenvalue weighted by molar-refractivity contribution is 4.92. The molecule has 0 atom stereocenters. The van der Waals surface area contributed by atoms with E-state index in [4.69, 9.17) is 5.84 Å². The Balaban J connectivity index is 3.60. The zero-order valence-electron chi connectivity index (χ0n) is 6.49. The Morgan fingerprint density at radius 2 is 2.00 bits per heavy atom. The highest BCUT2D eigenvalue weighted by atomic mass is 15.2. The maximum Gasteiger partial charge on any atom is 0.0192 e. The average molecular weight is 128 g/mol. The zero-order chi connectivity index (χ0) is 7.49. The first-order valence-corrected chi connectivity index (χ1v) is 3.10. The van der Waals surface area contributed by atoms with Crippen molar-refractivity contribution in [2.24, 2.45) is 11.3 Å². The topological polar surface area (TPSA) is 38.0 Å². The third-order valence-corrected chi connectivity index (χ3v) is 0.948. The lowest BCUT2D eigenvalue weighted by Crippen LogP contribution is -2.23. The van der Waals surface area contributed by atoms with Gasteiger partial charge in [0.15, 0.2) is 0 Å². The van der Waals surface area contributed by atoms with Crippen LogP contribution in [0.3, 0.4) is 0 Å². The molecule has 0 radical (unpaired) electrons. The first-order chi connectivity index (χ1) is 3.95. The molecule has 0 aliphatic rings. The molecule has 0 fully saturated rings. The van der Waals surface area contributed by atoms with Crippen LogP contribution in [-0.2, 0) is 0 Å². The first-order valence-electron chi connectivity index (χ1n) is 3.10. The molecular formula is C7H16N2. The van der Waals surface area contributed by atoms with Gasteiger partial charge in [-0.25, -0.2) is 0 Å². The number of nitrogens with two attached hydrogens (primary N) is 1. The van der Waals surface area contributed by atoms with E-state index in [0.29, 0.717) is 0 Å². The van der Waals surface area contributed by atoms with E-state index in [9.17, 15) is 0 Å². The fraction of sp³-hybridized carbons (Fsp3) is 0.714. The summed E-state index contributed by atoms with van der Waals surface area (Å²) in [6, 6.07) is 0. The fourth-order valence-corrected chi connectivity index (χ4v) is 0.691. The number of hydrogen-bond donors (Lipinski definition) is 2. The highest BCUT2D eigenvalue weighted by Gasteiger charge is 2.10. The predicted octanol–water partition coefficient (Wildman–Crippen LogP) is 1.40. The van der Waals surface area contributed by atoms with E-state index in [1.54, 1.807) is 0 Å². The Bertz CT molecular complexity index is 100.0. The lowest BCUT2D eigenvalue weighted by molar-refractivity contribution is 0.399. The Morgan fingerprint density at radius 1 is 1.56 bits per heavy atom. The van der Waals surface area contributed by atoms with Crippen LogP contribution >= 0.6 is 0 Å². The van der Waals surface area contributed by atoms with E-state index in [-0.39, 0.29) is 5.41 Å². The summed E-state index contributed by atoms with van der Waals surface area (Å²) >= 11 is 0. The summed E-state index contributed by atoms with van der Waals surface area (Å²) in [5.74, 6) is 5.13. The maximum atomic E-state index is 5.13. The SMILES string of the molecule is C=C(CC(C)(C)C)NN. The van der Waals surface area contributed by atoms with Crippen LogP contribution in [0.5, 0.6) is 0 Å². The molecule has 0 aromatic heterocycles. The predicted molar refractivity (Wildman–Crippen MR) is 40.5 cm³/mol. The molecular weight excluding hydrogens is 112 g/mol. The van der Waals surface area contributed by atoms with Crippen LogP contribution in [0.2, 0.25) is 0 Å². The van der Waals surface area contributed by atoms with Crippen molar-refractivity contribution in [3.8, 4) is 0 Å². The van der Waals surface area contributed by atoms with Gasteiger partial charge in [-0.15, -0.1) is 0 Å². The second kappa shape index (κ2) is 2.87. The van der Waals surface area contributed by atoms with E-state index >= 15 is 0 Å². The zero-order valence-corrected chi connectivity index (χ0v) is 6.49. The summed E-state index contributed by atoms with van der Waals surface area (Å²) < 4.78 is 0. The van der Waals surface area contributed by atoms with Gasteiger partial charge in [0.1, 0.15) is 0 Å². The minimum atomic E-state index is 0.281. The monoisotopic (exact) mass is 128 g/mol. The number of rotatable bonds is 2. The molecule has 3 N–H and O–H groups in total. The molecule has 0 bridgehead atoms. The van der Waals surface area contributed by atoms with Crippen molar-refractivity contribution in [1.82, 2.24) is 5.43 Å². The summed E-state index contributed by atoms with van der Waals surface area (Å²) in [4.78, 5) is 0. The van der Waals surface area contributed by atoms with Gasteiger partial charge in [-0.1, -0.05) is 27.4 Å². The summed E-state index contributed by atoms with van der Waals surface area (Å²) in [6.07, 6.45) is 0.920. The van der Waals surface area contributed by atoms with Gasteiger partial charge >= 0.3 is 0 Å². The molecule has 2 heteroatoms. The summed E-state index contributed by atoms with van der Waals surface area (Å²) in [5.41, 5.74) is 3.70. The van der Waals surface area contributed by atoms with Crippen LogP contribution in [0, 0.1) is 5.41 Å². The number of hydrogen-bond acceptors (Lipinski definition) is 2. The van der Waals surface area contributed by atoms with Gasteiger partial charge in [0.2, 0.25) is 0 Å². The summed E-state index contributed by atoms with van der Waals surface area (Å²) in [5, 5.41) is 0. The van der Waals surface area contributed by atoms with E-state index in [2.05, 4.69) is 32.8 Å². The smallest absolute Gasteiger partial charge is 0.0192 e. The van der Waals surface area contributed by atoms with Crippen molar-refractivity contribution in [1.29, 1.82) is 0 Å². The van der Waals surface area contributed by atoms with Crippen molar-refractivity contribution in [3.05, 3.63) is 12.3 Å². The van der Waals surface area contributed by atoms with E-state index in [1.165, 1.54) is 0 Å². The van der Waals surface area contributed by atoms with E-state index < -0.39 is 0 Å². The second-order valence-corrected chi connectivity index (χ2v) is 3.49. The van der Waals surface area contributed by atoms with Crippen LogP contribution in [0.4, 0.5) is 0 Å². The van der Waals surface area contributed by atoms with Crippen LogP contribution < -0.4 is 11.3 Å². The van der Waals surface area contributed by atoms with Crippen LogP contribution in [-0.4, -0.2) is 0 Å². The number of allylic oxidation sites excluding steroid dienone is 1. The molecule has 0 amide bonds.